The summed E-state index contributed by atoms with van der Waals surface area (Å²) >= 11 is 1.61. The molecule has 39 heavy (non-hydrogen) atoms. The molecule has 0 N–H and O–H groups in total. The zero-order valence-corrected chi connectivity index (χ0v) is 23.2. The van der Waals surface area contributed by atoms with Gasteiger partial charge in [-0.25, -0.2) is 4.68 Å². The van der Waals surface area contributed by atoms with Crippen LogP contribution in [0.5, 0.6) is 0 Å². The van der Waals surface area contributed by atoms with E-state index in [1.54, 1.807) is 16.7 Å². The highest BCUT2D eigenvalue weighted by Gasteiger charge is 2.38. The normalized spacial score (nSPS) is 17.3. The lowest BCUT2D eigenvalue weighted by Gasteiger charge is -2.26. The number of carbonyl (C=O) groups excluding carboxylic acids is 2. The predicted molar refractivity (Wildman–Crippen MR) is 157 cm³/mol. The number of anilines is 1. The second-order valence-corrected chi connectivity index (χ2v) is 11.4. The van der Waals surface area contributed by atoms with Crippen molar-refractivity contribution in [2.75, 3.05) is 30.3 Å². The SMILES string of the molecule is Cc1cccc([C@@H]2SCC(=O)N(CC(=O)N3CCCC3)c3c2c(-c2ccccc2)nn3-c2ccccc2C)c1. The minimum Gasteiger partial charge on any atom is -0.341 e. The third-order valence-corrected chi connectivity index (χ3v) is 8.83. The van der Waals surface area contributed by atoms with Crippen molar-refractivity contribution in [3.63, 3.8) is 0 Å². The number of hydrogen-bond acceptors (Lipinski definition) is 4. The maximum atomic E-state index is 13.9. The summed E-state index contributed by atoms with van der Waals surface area (Å²) in [5.41, 5.74) is 7.03. The molecule has 0 unspecified atom stereocenters. The van der Waals surface area contributed by atoms with Gasteiger partial charge in [-0.05, 0) is 43.9 Å². The molecule has 6 rings (SSSR count). The van der Waals surface area contributed by atoms with Gasteiger partial charge in [-0.1, -0.05) is 78.4 Å². The second-order valence-electron chi connectivity index (χ2n) is 10.3. The first-order valence-electron chi connectivity index (χ1n) is 13.5. The third kappa shape index (κ3) is 4.87. The molecule has 1 aromatic heterocycles. The number of likely N-dealkylation sites (tertiary alicyclic amines) is 1. The standard InChI is InChI=1S/C32H32N4O2S/c1-22-11-10-15-25(19-22)31-29-30(24-13-4-3-5-14-24)33-36(26-16-7-6-12-23(26)2)32(29)35(28(38)21-39-31)20-27(37)34-17-8-9-18-34/h3-7,10-16,19,31H,8-9,17-18,20-21H2,1-2H3/t31-/m0/s1. The Morgan fingerprint density at radius 3 is 2.44 bits per heavy atom. The van der Waals surface area contributed by atoms with Crippen molar-refractivity contribution in [1.82, 2.24) is 14.7 Å². The summed E-state index contributed by atoms with van der Waals surface area (Å²) in [4.78, 5) is 30.9. The molecule has 4 aromatic rings. The van der Waals surface area contributed by atoms with E-state index in [2.05, 4.69) is 56.3 Å². The van der Waals surface area contributed by atoms with E-state index in [9.17, 15) is 9.59 Å². The number of amides is 2. The van der Waals surface area contributed by atoms with Crippen molar-refractivity contribution in [3.8, 4) is 16.9 Å². The van der Waals surface area contributed by atoms with Gasteiger partial charge in [0.2, 0.25) is 11.8 Å². The van der Waals surface area contributed by atoms with Gasteiger partial charge in [-0.2, -0.15) is 5.10 Å². The van der Waals surface area contributed by atoms with Gasteiger partial charge >= 0.3 is 0 Å². The Morgan fingerprint density at radius 2 is 1.69 bits per heavy atom. The fraction of sp³-hybridized carbons (Fsp3) is 0.281. The molecule has 1 saturated heterocycles. The van der Waals surface area contributed by atoms with E-state index in [4.69, 9.17) is 5.10 Å². The van der Waals surface area contributed by atoms with E-state index in [1.165, 1.54) is 5.56 Å². The summed E-state index contributed by atoms with van der Waals surface area (Å²) in [6.07, 6.45) is 2.02. The molecule has 0 saturated carbocycles. The van der Waals surface area contributed by atoms with Crippen LogP contribution >= 0.6 is 11.8 Å². The number of nitrogens with zero attached hydrogens (tertiary/aromatic N) is 4. The first-order valence-corrected chi connectivity index (χ1v) is 14.6. The van der Waals surface area contributed by atoms with Crippen LogP contribution in [-0.4, -0.2) is 51.9 Å². The highest BCUT2D eigenvalue weighted by Crippen LogP contribution is 2.48. The molecule has 6 nitrogen and oxygen atoms in total. The van der Waals surface area contributed by atoms with Crippen molar-refractivity contribution in [2.45, 2.75) is 31.9 Å². The van der Waals surface area contributed by atoms with Gasteiger partial charge in [0.05, 0.1) is 22.4 Å². The van der Waals surface area contributed by atoms with E-state index in [1.807, 2.05) is 46.0 Å². The van der Waals surface area contributed by atoms with Crippen LogP contribution in [-0.2, 0) is 9.59 Å². The number of rotatable bonds is 5. The Hall–Kier alpha value is -3.84. The minimum atomic E-state index is -0.122. The highest BCUT2D eigenvalue weighted by atomic mass is 32.2. The third-order valence-electron chi connectivity index (χ3n) is 7.58. The zero-order chi connectivity index (χ0) is 26.9. The summed E-state index contributed by atoms with van der Waals surface area (Å²) in [6, 6.07) is 26.7. The Balaban J connectivity index is 1.62. The Morgan fingerprint density at radius 1 is 0.949 bits per heavy atom. The smallest absolute Gasteiger partial charge is 0.242 e. The minimum absolute atomic E-state index is 0.00963. The zero-order valence-electron chi connectivity index (χ0n) is 22.3. The lowest BCUT2D eigenvalue weighted by Crippen LogP contribution is -2.43. The molecule has 2 amide bonds. The number of carbonyl (C=O) groups is 2. The van der Waals surface area contributed by atoms with Crippen LogP contribution in [0.2, 0.25) is 0 Å². The van der Waals surface area contributed by atoms with Crippen LogP contribution in [0.25, 0.3) is 16.9 Å². The number of benzene rings is 3. The van der Waals surface area contributed by atoms with Gasteiger partial charge in [0.25, 0.3) is 0 Å². The summed E-state index contributed by atoms with van der Waals surface area (Å²) in [7, 11) is 0. The molecular weight excluding hydrogens is 504 g/mol. The molecule has 198 valence electrons. The Labute approximate surface area is 233 Å². The molecular formula is C32H32N4O2S. The molecule has 3 aromatic carbocycles. The molecule has 0 radical (unpaired) electrons. The van der Waals surface area contributed by atoms with E-state index in [-0.39, 0.29) is 29.4 Å². The molecule has 0 spiro atoms. The summed E-state index contributed by atoms with van der Waals surface area (Å²) < 4.78 is 1.90. The van der Waals surface area contributed by atoms with Gasteiger partial charge in [0, 0.05) is 24.2 Å². The molecule has 2 aliphatic rings. The first-order chi connectivity index (χ1) is 19.0. The van der Waals surface area contributed by atoms with E-state index < -0.39 is 0 Å². The van der Waals surface area contributed by atoms with Gasteiger partial charge in [-0.3, -0.25) is 14.5 Å². The quantitative estimate of drug-likeness (QED) is 0.316. The molecule has 7 heteroatoms. The van der Waals surface area contributed by atoms with Crippen LogP contribution < -0.4 is 4.90 Å². The predicted octanol–water partition coefficient (Wildman–Crippen LogP) is 5.95. The largest absolute Gasteiger partial charge is 0.341 e. The van der Waals surface area contributed by atoms with Crippen molar-refractivity contribution in [2.24, 2.45) is 0 Å². The molecule has 3 heterocycles. The number of thioether (sulfide) groups is 1. The Bertz CT molecular complexity index is 1520. The molecule has 0 bridgehead atoms. The van der Waals surface area contributed by atoms with Gasteiger partial charge in [-0.15, -0.1) is 11.8 Å². The van der Waals surface area contributed by atoms with Crippen LogP contribution in [0, 0.1) is 13.8 Å². The first kappa shape index (κ1) is 25.4. The molecule has 0 aliphatic carbocycles. The van der Waals surface area contributed by atoms with Crippen molar-refractivity contribution in [3.05, 3.63) is 101 Å². The van der Waals surface area contributed by atoms with Crippen molar-refractivity contribution in [1.29, 1.82) is 0 Å². The van der Waals surface area contributed by atoms with Crippen LogP contribution in [0.4, 0.5) is 5.82 Å². The average Bonchev–Trinajstić information content (AvgIpc) is 3.59. The van der Waals surface area contributed by atoms with E-state index in [0.717, 1.165) is 59.6 Å². The topological polar surface area (TPSA) is 58.4 Å². The second kappa shape index (κ2) is 10.7. The number of aryl methyl sites for hydroxylation is 2. The van der Waals surface area contributed by atoms with Crippen LogP contribution in [0.15, 0.2) is 78.9 Å². The van der Waals surface area contributed by atoms with Crippen LogP contribution in [0.1, 0.15) is 40.3 Å². The van der Waals surface area contributed by atoms with Crippen molar-refractivity contribution < 1.29 is 9.59 Å². The average molecular weight is 537 g/mol. The summed E-state index contributed by atoms with van der Waals surface area (Å²) in [5, 5.41) is 5.09. The number of fused-ring (bicyclic) bond motifs is 1. The van der Waals surface area contributed by atoms with E-state index in [0.29, 0.717) is 5.82 Å². The molecule has 1 fully saturated rings. The number of para-hydroxylation sites is 1. The lowest BCUT2D eigenvalue weighted by atomic mass is 9.98. The number of aromatic nitrogens is 2. The Kier molecular flexibility index (Phi) is 7.00. The van der Waals surface area contributed by atoms with Gasteiger partial charge in [0.15, 0.2) is 0 Å². The maximum Gasteiger partial charge on any atom is 0.242 e. The summed E-state index contributed by atoms with van der Waals surface area (Å²) in [5.74, 6) is 0.892. The van der Waals surface area contributed by atoms with Gasteiger partial charge in [0.1, 0.15) is 12.4 Å². The molecule has 2 aliphatic heterocycles. The lowest BCUT2D eigenvalue weighted by molar-refractivity contribution is -0.130. The fourth-order valence-electron chi connectivity index (χ4n) is 5.60. The monoisotopic (exact) mass is 536 g/mol. The van der Waals surface area contributed by atoms with Gasteiger partial charge < -0.3 is 4.90 Å². The fourth-order valence-corrected chi connectivity index (χ4v) is 6.78. The highest BCUT2D eigenvalue weighted by molar-refractivity contribution is 8.00. The summed E-state index contributed by atoms with van der Waals surface area (Å²) in [6.45, 7) is 5.66. The molecule has 1 atom stereocenters. The van der Waals surface area contributed by atoms with Crippen molar-refractivity contribution >= 4 is 29.4 Å². The number of hydrogen-bond donors (Lipinski definition) is 0. The maximum absolute atomic E-state index is 13.9. The van der Waals surface area contributed by atoms with E-state index >= 15 is 0 Å². The van der Waals surface area contributed by atoms with Crippen LogP contribution in [0.3, 0.4) is 0 Å².